The summed E-state index contributed by atoms with van der Waals surface area (Å²) in [5.74, 6) is -0.846. The lowest BCUT2D eigenvalue weighted by Crippen LogP contribution is -2.45. The maximum absolute atomic E-state index is 12.1. The van der Waals surface area contributed by atoms with E-state index in [1.54, 1.807) is 45.0 Å². The average molecular weight is 372 g/mol. The third-order valence-corrected chi connectivity index (χ3v) is 3.72. The molecule has 0 aromatic heterocycles. The lowest BCUT2D eigenvalue weighted by atomic mass is 10.0. The van der Waals surface area contributed by atoms with Crippen molar-refractivity contribution < 1.29 is 19.2 Å². The molecule has 1 aromatic carbocycles. The molecule has 0 aliphatic carbocycles. The van der Waals surface area contributed by atoms with Crippen molar-refractivity contribution in [3.8, 4) is 6.07 Å². The van der Waals surface area contributed by atoms with E-state index in [9.17, 15) is 9.59 Å². The lowest BCUT2D eigenvalue weighted by Gasteiger charge is -2.22. The van der Waals surface area contributed by atoms with E-state index in [-0.39, 0.29) is 25.0 Å². The zero-order valence-electron chi connectivity index (χ0n) is 15.7. The van der Waals surface area contributed by atoms with Crippen molar-refractivity contribution in [1.29, 1.82) is 5.26 Å². The molecule has 0 fully saturated rings. The molecule has 8 heteroatoms. The summed E-state index contributed by atoms with van der Waals surface area (Å²) in [5, 5.41) is 15.5. The van der Waals surface area contributed by atoms with Gasteiger partial charge in [-0.2, -0.15) is 5.26 Å². The molecule has 0 radical (unpaired) electrons. The normalized spacial score (nSPS) is 17.3. The van der Waals surface area contributed by atoms with E-state index in [1.807, 2.05) is 0 Å². The van der Waals surface area contributed by atoms with Gasteiger partial charge in [0, 0.05) is 13.0 Å². The molecule has 0 saturated carbocycles. The fraction of sp³-hybridized carbons (Fsp3) is 0.474. The Morgan fingerprint density at radius 3 is 2.67 bits per heavy atom. The van der Waals surface area contributed by atoms with Crippen LogP contribution in [0.2, 0.25) is 0 Å². The average Bonchev–Trinajstić information content (AvgIpc) is 3.06. The molecule has 0 saturated heterocycles. The molecule has 27 heavy (non-hydrogen) atoms. The Kier molecular flexibility index (Phi) is 6.53. The van der Waals surface area contributed by atoms with Crippen molar-refractivity contribution >= 4 is 17.6 Å². The monoisotopic (exact) mass is 372 g/mol. The first-order valence-electron chi connectivity index (χ1n) is 8.66. The highest BCUT2D eigenvalue weighted by Crippen LogP contribution is 2.19. The summed E-state index contributed by atoms with van der Waals surface area (Å²) in [6.45, 7) is 5.24. The summed E-state index contributed by atoms with van der Waals surface area (Å²) < 4.78 is 5.17. The van der Waals surface area contributed by atoms with E-state index in [1.165, 1.54) is 0 Å². The maximum Gasteiger partial charge on any atom is 0.325 e. The van der Waals surface area contributed by atoms with Crippen molar-refractivity contribution in [1.82, 2.24) is 5.32 Å². The number of ether oxygens (including phenoxy) is 1. The van der Waals surface area contributed by atoms with E-state index in [2.05, 4.69) is 16.5 Å². The maximum atomic E-state index is 12.1. The minimum Gasteiger partial charge on any atom is -0.459 e. The summed E-state index contributed by atoms with van der Waals surface area (Å²) in [4.78, 5) is 29.2. The van der Waals surface area contributed by atoms with Crippen molar-refractivity contribution in [2.45, 2.75) is 51.4 Å². The largest absolute Gasteiger partial charge is 0.459 e. The molecule has 2 atom stereocenters. The summed E-state index contributed by atoms with van der Waals surface area (Å²) >= 11 is 0. The van der Waals surface area contributed by atoms with Crippen LogP contribution in [-0.2, 0) is 19.2 Å². The minimum atomic E-state index is -0.928. The number of oxime groups is 1. The van der Waals surface area contributed by atoms with Crippen molar-refractivity contribution in [3.05, 3.63) is 35.4 Å². The zero-order valence-corrected chi connectivity index (χ0v) is 15.7. The lowest BCUT2D eigenvalue weighted by molar-refractivity contribution is -0.156. The number of carbonyl (C=O) groups is 2. The molecule has 1 aromatic rings. The number of benzene rings is 1. The number of hydrogen-bond acceptors (Lipinski definition) is 7. The van der Waals surface area contributed by atoms with Gasteiger partial charge in [-0.05, 0) is 38.5 Å². The van der Waals surface area contributed by atoms with Crippen LogP contribution in [0.15, 0.2) is 29.4 Å². The fourth-order valence-corrected chi connectivity index (χ4v) is 2.41. The Balaban J connectivity index is 1.76. The summed E-state index contributed by atoms with van der Waals surface area (Å²) in [5.41, 5.74) is 7.25. The van der Waals surface area contributed by atoms with Crippen LogP contribution < -0.4 is 11.1 Å². The quantitative estimate of drug-likeness (QED) is 0.723. The van der Waals surface area contributed by atoms with Gasteiger partial charge >= 0.3 is 5.97 Å². The van der Waals surface area contributed by atoms with E-state index < -0.39 is 17.6 Å². The van der Waals surface area contributed by atoms with Crippen LogP contribution in [0.5, 0.6) is 0 Å². The van der Waals surface area contributed by atoms with Crippen molar-refractivity contribution in [2.75, 3.05) is 6.54 Å². The standard InChI is InChI=1S/C19H24N4O4/c1-19(2,3)26-18(25)15(21)11-22-17(24)9-14-8-16(23-27-14)13-6-4-12(10-20)5-7-13/h4-7,14-15H,8-9,11,21H2,1-3H3,(H,22,24)/t14-,15+/m1/s1. The minimum absolute atomic E-state index is 0.0101. The van der Waals surface area contributed by atoms with Gasteiger partial charge in [-0.3, -0.25) is 9.59 Å². The van der Waals surface area contributed by atoms with Crippen LogP contribution in [0.4, 0.5) is 0 Å². The van der Waals surface area contributed by atoms with Gasteiger partial charge in [-0.15, -0.1) is 0 Å². The van der Waals surface area contributed by atoms with Crippen LogP contribution in [-0.4, -0.2) is 41.9 Å². The number of nitrogens with two attached hydrogens (primary N) is 1. The third kappa shape index (κ3) is 6.38. The molecule has 1 amide bonds. The molecule has 0 spiro atoms. The van der Waals surface area contributed by atoms with Crippen LogP contribution >= 0.6 is 0 Å². The molecular weight excluding hydrogens is 348 g/mol. The van der Waals surface area contributed by atoms with Gasteiger partial charge in [0.15, 0.2) is 0 Å². The second-order valence-electron chi connectivity index (χ2n) is 7.31. The van der Waals surface area contributed by atoms with E-state index >= 15 is 0 Å². The van der Waals surface area contributed by atoms with Crippen molar-refractivity contribution in [2.24, 2.45) is 10.9 Å². The van der Waals surface area contributed by atoms with E-state index in [4.69, 9.17) is 20.6 Å². The molecule has 144 valence electrons. The number of amides is 1. The molecule has 0 unspecified atom stereocenters. The zero-order chi connectivity index (χ0) is 20.0. The number of carbonyl (C=O) groups excluding carboxylic acids is 2. The van der Waals surface area contributed by atoms with Crippen LogP contribution in [0, 0.1) is 11.3 Å². The Hall–Kier alpha value is -2.92. The summed E-state index contributed by atoms with van der Waals surface area (Å²) in [7, 11) is 0. The Bertz CT molecular complexity index is 759. The van der Waals surface area contributed by atoms with Gasteiger partial charge in [0.25, 0.3) is 0 Å². The highest BCUT2D eigenvalue weighted by atomic mass is 16.6. The Morgan fingerprint density at radius 1 is 1.41 bits per heavy atom. The van der Waals surface area contributed by atoms with Crippen LogP contribution in [0.1, 0.15) is 44.7 Å². The van der Waals surface area contributed by atoms with Gasteiger partial charge in [0.1, 0.15) is 17.7 Å². The fourth-order valence-electron chi connectivity index (χ4n) is 2.41. The molecule has 8 nitrogen and oxygen atoms in total. The predicted molar refractivity (Wildman–Crippen MR) is 98.6 cm³/mol. The second kappa shape index (κ2) is 8.64. The molecular formula is C19H24N4O4. The number of nitriles is 1. The first-order chi connectivity index (χ1) is 12.7. The molecule has 3 N–H and O–H groups in total. The summed E-state index contributed by atoms with van der Waals surface area (Å²) in [6, 6.07) is 8.13. The number of esters is 1. The number of nitrogens with one attached hydrogen (secondary N) is 1. The Labute approximate surface area is 158 Å². The molecule has 1 aliphatic heterocycles. The molecule has 0 bridgehead atoms. The summed E-state index contributed by atoms with van der Waals surface area (Å²) in [6.07, 6.45) is 0.204. The third-order valence-electron chi connectivity index (χ3n) is 3.72. The van der Waals surface area contributed by atoms with Crippen molar-refractivity contribution in [3.63, 3.8) is 0 Å². The van der Waals surface area contributed by atoms with E-state index in [0.717, 1.165) is 11.3 Å². The first-order valence-corrected chi connectivity index (χ1v) is 8.66. The Morgan fingerprint density at radius 2 is 2.07 bits per heavy atom. The molecule has 2 rings (SSSR count). The van der Waals surface area contributed by atoms with Gasteiger partial charge in [-0.1, -0.05) is 17.3 Å². The number of rotatable bonds is 6. The van der Waals surface area contributed by atoms with Crippen LogP contribution in [0.25, 0.3) is 0 Å². The molecule has 1 heterocycles. The van der Waals surface area contributed by atoms with E-state index in [0.29, 0.717) is 12.0 Å². The highest BCUT2D eigenvalue weighted by Gasteiger charge is 2.26. The van der Waals surface area contributed by atoms with Gasteiger partial charge in [-0.25, -0.2) is 0 Å². The molecule has 1 aliphatic rings. The van der Waals surface area contributed by atoms with Gasteiger partial charge in [0.2, 0.25) is 5.91 Å². The number of nitrogens with zero attached hydrogens (tertiary/aromatic N) is 2. The van der Waals surface area contributed by atoms with Gasteiger partial charge < -0.3 is 20.6 Å². The number of hydrogen-bond donors (Lipinski definition) is 2. The smallest absolute Gasteiger partial charge is 0.325 e. The van der Waals surface area contributed by atoms with Crippen LogP contribution in [0.3, 0.4) is 0 Å². The highest BCUT2D eigenvalue weighted by molar-refractivity contribution is 6.01. The SMILES string of the molecule is CC(C)(C)OC(=O)[C@@H](N)CNC(=O)C[C@H]1CC(c2ccc(C#N)cc2)=NO1. The van der Waals surface area contributed by atoms with Gasteiger partial charge in [0.05, 0.1) is 23.8 Å². The topological polar surface area (TPSA) is 127 Å². The second-order valence-corrected chi connectivity index (χ2v) is 7.31. The predicted octanol–water partition coefficient (Wildman–Crippen LogP) is 1.23. The first kappa shape index (κ1) is 20.4.